The van der Waals surface area contributed by atoms with Gasteiger partial charge in [0.2, 0.25) is 10.0 Å². The van der Waals surface area contributed by atoms with Crippen LogP contribution in [0.15, 0.2) is 0 Å². The molecule has 0 spiro atoms. The predicted molar refractivity (Wildman–Crippen MR) is 44.5 cm³/mol. The van der Waals surface area contributed by atoms with E-state index in [4.69, 9.17) is 0 Å². The Morgan fingerprint density at radius 3 is 2.73 bits per heavy atom. The monoisotopic (exact) mass is 176 g/mol. The van der Waals surface area contributed by atoms with Crippen molar-refractivity contribution in [1.29, 1.82) is 0 Å². The molecule has 1 radical (unpaired) electrons. The fourth-order valence-corrected chi connectivity index (χ4v) is 2.17. The van der Waals surface area contributed by atoms with Crippen LogP contribution in [0.2, 0.25) is 0 Å². The SMILES string of the molecule is CS(=O)(=O)NC1C[CH]CCC1. The highest BCUT2D eigenvalue weighted by Gasteiger charge is 2.16. The third kappa shape index (κ3) is 3.72. The maximum Gasteiger partial charge on any atom is 0.208 e. The van der Waals surface area contributed by atoms with Crippen LogP contribution in [-0.2, 0) is 10.0 Å². The Bertz CT molecular complexity index is 204. The Morgan fingerprint density at radius 2 is 2.27 bits per heavy atom. The average molecular weight is 176 g/mol. The van der Waals surface area contributed by atoms with E-state index in [2.05, 4.69) is 11.1 Å². The molecule has 0 heterocycles. The third-order valence-corrected chi connectivity index (χ3v) is 2.55. The summed E-state index contributed by atoms with van der Waals surface area (Å²) in [5, 5.41) is 0. The zero-order chi connectivity index (χ0) is 8.32. The van der Waals surface area contributed by atoms with Crippen LogP contribution in [0.3, 0.4) is 0 Å². The lowest BCUT2D eigenvalue weighted by atomic mass is 9.96. The van der Waals surface area contributed by atoms with Gasteiger partial charge in [-0.2, -0.15) is 0 Å². The van der Waals surface area contributed by atoms with Crippen molar-refractivity contribution in [3.05, 3.63) is 6.42 Å². The van der Waals surface area contributed by atoms with Crippen LogP contribution in [0.25, 0.3) is 0 Å². The second-order valence-electron chi connectivity index (χ2n) is 3.04. The zero-order valence-corrected chi connectivity index (χ0v) is 7.52. The summed E-state index contributed by atoms with van der Waals surface area (Å²) in [5.74, 6) is 0. The van der Waals surface area contributed by atoms with Gasteiger partial charge in [-0.05, 0) is 19.3 Å². The van der Waals surface area contributed by atoms with E-state index < -0.39 is 10.0 Å². The number of nitrogens with one attached hydrogen (secondary N) is 1. The number of hydrogen-bond donors (Lipinski definition) is 1. The minimum Gasteiger partial charge on any atom is -0.213 e. The van der Waals surface area contributed by atoms with E-state index in [9.17, 15) is 8.42 Å². The summed E-state index contributed by atoms with van der Waals surface area (Å²) in [6.45, 7) is 0. The second kappa shape index (κ2) is 3.54. The van der Waals surface area contributed by atoms with Gasteiger partial charge in [-0.25, -0.2) is 13.1 Å². The summed E-state index contributed by atoms with van der Waals surface area (Å²) >= 11 is 0. The van der Waals surface area contributed by atoms with Gasteiger partial charge in [0.25, 0.3) is 0 Å². The first-order valence-corrected chi connectivity index (χ1v) is 5.76. The normalized spacial score (nSPS) is 21.9. The van der Waals surface area contributed by atoms with E-state index in [0.717, 1.165) is 25.7 Å². The van der Waals surface area contributed by atoms with Gasteiger partial charge in [0, 0.05) is 6.04 Å². The highest BCUT2D eigenvalue weighted by atomic mass is 32.2. The summed E-state index contributed by atoms with van der Waals surface area (Å²) in [6.07, 6.45) is 7.44. The summed E-state index contributed by atoms with van der Waals surface area (Å²) in [7, 11) is -2.99. The van der Waals surface area contributed by atoms with Crippen molar-refractivity contribution in [2.24, 2.45) is 0 Å². The first kappa shape index (κ1) is 9.00. The van der Waals surface area contributed by atoms with Crippen molar-refractivity contribution in [3.63, 3.8) is 0 Å². The fourth-order valence-electron chi connectivity index (χ4n) is 1.36. The minimum atomic E-state index is -2.99. The van der Waals surface area contributed by atoms with E-state index in [0.29, 0.717) is 0 Å². The van der Waals surface area contributed by atoms with Gasteiger partial charge < -0.3 is 0 Å². The summed E-state index contributed by atoms with van der Waals surface area (Å²) in [6, 6.07) is 0.152. The van der Waals surface area contributed by atoms with Gasteiger partial charge in [0.05, 0.1) is 6.26 Å². The Hall–Kier alpha value is -0.0900. The Labute approximate surface area is 68.2 Å². The third-order valence-electron chi connectivity index (χ3n) is 1.79. The van der Waals surface area contributed by atoms with Crippen molar-refractivity contribution >= 4 is 10.0 Å². The van der Waals surface area contributed by atoms with Gasteiger partial charge in [0.15, 0.2) is 0 Å². The fraction of sp³-hybridized carbons (Fsp3) is 0.857. The standard InChI is InChI=1S/C7H14NO2S/c1-11(9,10)8-7-5-3-2-4-6-7/h3,7-8H,2,4-6H2,1H3. The Morgan fingerprint density at radius 1 is 1.55 bits per heavy atom. The largest absolute Gasteiger partial charge is 0.213 e. The van der Waals surface area contributed by atoms with Gasteiger partial charge in [-0.3, -0.25) is 0 Å². The molecule has 1 rings (SSSR count). The molecule has 1 aliphatic rings. The van der Waals surface area contributed by atoms with Crippen molar-refractivity contribution in [3.8, 4) is 0 Å². The first-order valence-electron chi connectivity index (χ1n) is 3.87. The predicted octanol–water partition coefficient (Wildman–Crippen LogP) is 0.682. The number of rotatable bonds is 2. The van der Waals surface area contributed by atoms with Crippen molar-refractivity contribution in [1.82, 2.24) is 4.72 Å². The first-order chi connectivity index (χ1) is 5.08. The van der Waals surface area contributed by atoms with Crippen LogP contribution in [0.4, 0.5) is 0 Å². The lowest BCUT2D eigenvalue weighted by molar-refractivity contribution is 0.470. The molecule has 1 unspecified atom stereocenters. The lowest BCUT2D eigenvalue weighted by Crippen LogP contribution is -2.35. The molecule has 0 aliphatic heterocycles. The molecule has 0 amide bonds. The molecular formula is C7H14NO2S. The van der Waals surface area contributed by atoms with E-state index in [1.165, 1.54) is 6.26 Å². The quantitative estimate of drug-likeness (QED) is 0.672. The van der Waals surface area contributed by atoms with Crippen molar-refractivity contribution < 1.29 is 8.42 Å². The molecule has 0 aromatic heterocycles. The zero-order valence-electron chi connectivity index (χ0n) is 6.71. The van der Waals surface area contributed by atoms with Gasteiger partial charge in [-0.1, -0.05) is 12.8 Å². The molecule has 0 saturated heterocycles. The second-order valence-corrected chi connectivity index (χ2v) is 4.82. The highest BCUT2D eigenvalue weighted by molar-refractivity contribution is 7.88. The maximum atomic E-state index is 10.8. The molecule has 1 N–H and O–H groups in total. The van der Waals surface area contributed by atoms with Gasteiger partial charge in [-0.15, -0.1) is 0 Å². The molecule has 3 nitrogen and oxygen atoms in total. The molecule has 1 saturated carbocycles. The Kier molecular flexibility index (Phi) is 2.90. The van der Waals surface area contributed by atoms with Crippen LogP contribution >= 0.6 is 0 Å². The smallest absolute Gasteiger partial charge is 0.208 e. The topological polar surface area (TPSA) is 46.2 Å². The highest BCUT2D eigenvalue weighted by Crippen LogP contribution is 2.16. The van der Waals surface area contributed by atoms with E-state index in [1.54, 1.807) is 0 Å². The maximum absolute atomic E-state index is 10.8. The molecule has 11 heavy (non-hydrogen) atoms. The minimum absolute atomic E-state index is 0.152. The van der Waals surface area contributed by atoms with Crippen LogP contribution in [0, 0.1) is 6.42 Å². The molecule has 4 heteroatoms. The molecule has 1 aliphatic carbocycles. The summed E-state index contributed by atoms with van der Waals surface area (Å²) < 4.78 is 24.1. The van der Waals surface area contributed by atoms with Crippen LogP contribution in [-0.4, -0.2) is 20.7 Å². The van der Waals surface area contributed by atoms with Gasteiger partial charge in [0.1, 0.15) is 0 Å². The van der Waals surface area contributed by atoms with E-state index in [-0.39, 0.29) is 6.04 Å². The van der Waals surface area contributed by atoms with Crippen LogP contribution < -0.4 is 4.72 Å². The van der Waals surface area contributed by atoms with Crippen molar-refractivity contribution in [2.45, 2.75) is 31.7 Å². The van der Waals surface area contributed by atoms with Crippen molar-refractivity contribution in [2.75, 3.05) is 6.26 Å². The molecule has 1 fully saturated rings. The Balaban J connectivity index is 2.36. The van der Waals surface area contributed by atoms with Gasteiger partial charge >= 0.3 is 0 Å². The average Bonchev–Trinajstić information content (AvgIpc) is 1.85. The summed E-state index contributed by atoms with van der Waals surface area (Å²) in [4.78, 5) is 0. The van der Waals surface area contributed by atoms with Crippen LogP contribution in [0.5, 0.6) is 0 Å². The molecule has 65 valence electrons. The number of hydrogen-bond acceptors (Lipinski definition) is 2. The van der Waals surface area contributed by atoms with E-state index in [1.807, 2.05) is 0 Å². The summed E-state index contributed by atoms with van der Waals surface area (Å²) in [5.41, 5.74) is 0. The molecule has 0 bridgehead atoms. The molecule has 1 atom stereocenters. The lowest BCUT2D eigenvalue weighted by Gasteiger charge is -2.21. The van der Waals surface area contributed by atoms with E-state index >= 15 is 0 Å². The number of sulfonamides is 1. The molecule has 0 aromatic carbocycles. The molecular weight excluding hydrogens is 162 g/mol. The molecule has 0 aromatic rings. The van der Waals surface area contributed by atoms with Crippen LogP contribution in [0.1, 0.15) is 25.7 Å².